The lowest BCUT2D eigenvalue weighted by Crippen LogP contribution is -2.51. The third-order valence-corrected chi connectivity index (χ3v) is 4.70. The van der Waals surface area contributed by atoms with E-state index in [4.69, 9.17) is 10.2 Å². The van der Waals surface area contributed by atoms with Gasteiger partial charge in [-0.3, -0.25) is 10.7 Å². The van der Waals surface area contributed by atoms with Gasteiger partial charge in [-0.1, -0.05) is 0 Å². The van der Waals surface area contributed by atoms with Crippen LogP contribution in [0.5, 0.6) is 11.5 Å². The Bertz CT molecular complexity index is 1300. The summed E-state index contributed by atoms with van der Waals surface area (Å²) in [7, 11) is 0. The molecule has 9 nitrogen and oxygen atoms in total. The van der Waals surface area contributed by atoms with Gasteiger partial charge in [0.25, 0.3) is 0 Å². The SMILES string of the molecule is CC1=C(Nc2ccc3oc(=O)[nH]c3c2)NC(N)(c2ccc3c(c2)OC(F)(F)O3)N=C1. The lowest BCUT2D eigenvalue weighted by atomic mass is 10.1. The van der Waals surface area contributed by atoms with Crippen LogP contribution in [-0.4, -0.2) is 17.5 Å². The first-order chi connectivity index (χ1) is 14.2. The standard InChI is InChI=1S/C19H15F2N5O4/c1-9-8-23-18(22,10-2-4-14-15(6-10)30-19(20,21)29-14)26-16(9)24-11-3-5-13-12(7-11)25-17(27)28-13/h2-8,24,26H,22H2,1H3,(H,25,27). The number of hydrogen-bond acceptors (Lipinski definition) is 8. The summed E-state index contributed by atoms with van der Waals surface area (Å²) in [5, 5.41) is 6.26. The van der Waals surface area contributed by atoms with Crippen LogP contribution in [-0.2, 0) is 5.79 Å². The van der Waals surface area contributed by atoms with Crippen molar-refractivity contribution in [2.75, 3.05) is 5.32 Å². The first-order valence-electron chi connectivity index (χ1n) is 8.84. The second-order valence-corrected chi connectivity index (χ2v) is 6.89. The van der Waals surface area contributed by atoms with E-state index in [2.05, 4.69) is 30.1 Å². The molecule has 30 heavy (non-hydrogen) atoms. The van der Waals surface area contributed by atoms with Crippen molar-refractivity contribution in [3.63, 3.8) is 0 Å². The Morgan fingerprint density at radius 3 is 2.77 bits per heavy atom. The molecule has 5 N–H and O–H groups in total. The minimum absolute atomic E-state index is 0.0837. The molecule has 154 valence electrons. The van der Waals surface area contributed by atoms with Gasteiger partial charge in [0.15, 0.2) is 17.1 Å². The maximum absolute atomic E-state index is 13.3. The number of H-pyrrole nitrogens is 1. The van der Waals surface area contributed by atoms with Gasteiger partial charge in [0.2, 0.25) is 5.79 Å². The molecule has 5 rings (SSSR count). The second-order valence-electron chi connectivity index (χ2n) is 6.89. The van der Waals surface area contributed by atoms with Crippen molar-refractivity contribution < 1.29 is 22.7 Å². The first-order valence-corrected chi connectivity index (χ1v) is 8.84. The Labute approximate surface area is 167 Å². The zero-order chi connectivity index (χ0) is 21.1. The highest BCUT2D eigenvalue weighted by Gasteiger charge is 2.44. The summed E-state index contributed by atoms with van der Waals surface area (Å²) in [6.07, 6.45) is -2.15. The summed E-state index contributed by atoms with van der Waals surface area (Å²) < 4.78 is 40.5. The Hall–Kier alpha value is -3.86. The van der Waals surface area contributed by atoms with E-state index in [1.54, 1.807) is 24.4 Å². The molecule has 0 saturated heterocycles. The highest BCUT2D eigenvalue weighted by atomic mass is 19.3. The van der Waals surface area contributed by atoms with Crippen LogP contribution in [0.25, 0.3) is 11.1 Å². The molecule has 3 heterocycles. The minimum atomic E-state index is -3.72. The number of allylic oxidation sites excluding steroid dienone is 1. The molecule has 1 atom stereocenters. The molecule has 2 aliphatic rings. The van der Waals surface area contributed by atoms with Gasteiger partial charge in [-0.2, -0.15) is 0 Å². The van der Waals surface area contributed by atoms with E-state index < -0.39 is 17.8 Å². The highest BCUT2D eigenvalue weighted by molar-refractivity contribution is 5.83. The predicted octanol–water partition coefficient (Wildman–Crippen LogP) is 2.53. The largest absolute Gasteiger partial charge is 0.586 e. The fourth-order valence-electron chi connectivity index (χ4n) is 3.22. The summed E-state index contributed by atoms with van der Waals surface area (Å²) in [6.45, 7) is 1.82. The molecule has 2 aromatic carbocycles. The average molecular weight is 415 g/mol. The minimum Gasteiger partial charge on any atom is -0.408 e. The molecule has 3 aromatic rings. The van der Waals surface area contributed by atoms with Crippen LogP contribution in [0.15, 0.2) is 62.0 Å². The molecule has 1 unspecified atom stereocenters. The van der Waals surface area contributed by atoms with Crippen LogP contribution >= 0.6 is 0 Å². The number of benzene rings is 2. The zero-order valence-electron chi connectivity index (χ0n) is 15.5. The number of nitrogens with two attached hydrogens (primary N) is 1. The monoisotopic (exact) mass is 415 g/mol. The topological polar surface area (TPSA) is 127 Å². The molecule has 0 aliphatic carbocycles. The molecule has 1 aromatic heterocycles. The van der Waals surface area contributed by atoms with Crippen LogP contribution in [0, 0.1) is 0 Å². The number of alkyl halides is 2. The van der Waals surface area contributed by atoms with E-state index in [1.165, 1.54) is 18.2 Å². The van der Waals surface area contributed by atoms with E-state index in [1.807, 2.05) is 6.92 Å². The lowest BCUT2D eigenvalue weighted by Gasteiger charge is -2.33. The Kier molecular flexibility index (Phi) is 3.68. The van der Waals surface area contributed by atoms with Crippen LogP contribution in [0.2, 0.25) is 0 Å². The second kappa shape index (κ2) is 6.07. The Morgan fingerprint density at radius 1 is 1.13 bits per heavy atom. The third-order valence-electron chi connectivity index (χ3n) is 4.70. The lowest BCUT2D eigenvalue weighted by molar-refractivity contribution is -0.286. The zero-order valence-corrected chi connectivity index (χ0v) is 15.5. The van der Waals surface area contributed by atoms with Gasteiger partial charge in [-0.05, 0) is 43.3 Å². The van der Waals surface area contributed by atoms with Crippen LogP contribution in [0.4, 0.5) is 14.5 Å². The number of anilines is 1. The number of aromatic nitrogens is 1. The maximum atomic E-state index is 13.3. The average Bonchev–Trinajstić information content (AvgIpc) is 3.20. The number of fused-ring (bicyclic) bond motifs is 2. The van der Waals surface area contributed by atoms with Crippen LogP contribution in [0.1, 0.15) is 12.5 Å². The van der Waals surface area contributed by atoms with E-state index >= 15 is 0 Å². The molecule has 0 bridgehead atoms. The number of halogens is 2. The summed E-state index contributed by atoms with van der Waals surface area (Å²) in [4.78, 5) is 18.2. The number of ether oxygens (including phenoxy) is 2. The number of oxazole rings is 1. The van der Waals surface area contributed by atoms with Crippen molar-refractivity contribution >= 4 is 23.0 Å². The normalized spacial score (nSPS) is 21.7. The summed E-state index contributed by atoms with van der Waals surface area (Å²) in [5.74, 6) is -1.66. The summed E-state index contributed by atoms with van der Waals surface area (Å²) in [6, 6.07) is 9.30. The van der Waals surface area contributed by atoms with Gasteiger partial charge in [0.05, 0.1) is 5.52 Å². The molecular weight excluding hydrogens is 400 g/mol. The Morgan fingerprint density at radius 2 is 1.93 bits per heavy atom. The van der Waals surface area contributed by atoms with Gasteiger partial charge in [0.1, 0.15) is 5.82 Å². The third kappa shape index (κ3) is 3.05. The number of nitrogens with zero attached hydrogens (tertiary/aromatic N) is 1. The first kappa shape index (κ1) is 18.2. The van der Waals surface area contributed by atoms with Crippen molar-refractivity contribution in [3.8, 4) is 11.5 Å². The van der Waals surface area contributed by atoms with E-state index in [-0.39, 0.29) is 11.5 Å². The maximum Gasteiger partial charge on any atom is 0.586 e. The molecule has 11 heteroatoms. The van der Waals surface area contributed by atoms with E-state index in [0.29, 0.717) is 28.2 Å². The van der Waals surface area contributed by atoms with Crippen LogP contribution < -0.4 is 31.6 Å². The number of hydrogen-bond donors (Lipinski definition) is 4. The van der Waals surface area contributed by atoms with Crippen molar-refractivity contribution in [1.29, 1.82) is 0 Å². The fourth-order valence-corrected chi connectivity index (χ4v) is 3.22. The quantitative estimate of drug-likeness (QED) is 0.518. The van der Waals surface area contributed by atoms with Crippen molar-refractivity contribution in [2.45, 2.75) is 19.0 Å². The van der Waals surface area contributed by atoms with Crippen molar-refractivity contribution in [2.24, 2.45) is 10.7 Å². The molecule has 0 fully saturated rings. The molecule has 0 saturated carbocycles. The molecular formula is C19H15F2N5O4. The number of aliphatic imine (C=N–C) groups is 1. The number of rotatable bonds is 3. The fraction of sp³-hybridized carbons (Fsp3) is 0.158. The van der Waals surface area contributed by atoms with Gasteiger partial charge in [-0.15, -0.1) is 8.78 Å². The summed E-state index contributed by atoms with van der Waals surface area (Å²) >= 11 is 0. The predicted molar refractivity (Wildman–Crippen MR) is 103 cm³/mol. The van der Waals surface area contributed by atoms with Crippen molar-refractivity contribution in [1.82, 2.24) is 10.3 Å². The van der Waals surface area contributed by atoms with Gasteiger partial charge in [-0.25, -0.2) is 9.79 Å². The smallest absolute Gasteiger partial charge is 0.408 e. The summed E-state index contributed by atoms with van der Waals surface area (Å²) in [5.41, 5.74) is 9.17. The number of nitrogens with one attached hydrogen (secondary N) is 3. The van der Waals surface area contributed by atoms with Crippen LogP contribution in [0.3, 0.4) is 0 Å². The van der Waals surface area contributed by atoms with E-state index in [9.17, 15) is 13.6 Å². The molecule has 0 radical (unpaired) electrons. The highest BCUT2D eigenvalue weighted by Crippen LogP contribution is 2.42. The van der Waals surface area contributed by atoms with E-state index in [0.717, 1.165) is 5.57 Å². The van der Waals surface area contributed by atoms with Gasteiger partial charge < -0.3 is 24.5 Å². The molecule has 0 amide bonds. The Balaban J connectivity index is 1.43. The molecule has 2 aliphatic heterocycles. The number of aromatic amines is 1. The van der Waals surface area contributed by atoms with Crippen molar-refractivity contribution in [3.05, 3.63) is 63.9 Å². The van der Waals surface area contributed by atoms with Gasteiger partial charge >= 0.3 is 12.1 Å². The van der Waals surface area contributed by atoms with Gasteiger partial charge in [0, 0.05) is 23.0 Å². The molecule has 0 spiro atoms.